The Morgan fingerprint density at radius 3 is 2.62 bits per heavy atom. The molecule has 7 heteroatoms. The zero-order valence-corrected chi connectivity index (χ0v) is 17.2. The fraction of sp³-hybridized carbons (Fsp3) is 0.136. The molecule has 1 unspecified atom stereocenters. The number of nitrogens with one attached hydrogen (secondary N) is 1. The first-order valence-electron chi connectivity index (χ1n) is 9.07. The van der Waals surface area contributed by atoms with Crippen LogP contribution in [-0.2, 0) is 17.8 Å². The van der Waals surface area contributed by atoms with Crippen LogP contribution in [0.1, 0.15) is 5.56 Å². The van der Waals surface area contributed by atoms with Crippen molar-refractivity contribution < 1.29 is 4.21 Å². The summed E-state index contributed by atoms with van der Waals surface area (Å²) in [5.74, 6) is 0.317. The number of fused-ring (bicyclic) bond motifs is 1. The minimum Gasteiger partial charge on any atom is -0.324 e. The molecular formula is C22H20N4O2S. The maximum absolute atomic E-state index is 13.0. The van der Waals surface area contributed by atoms with E-state index in [4.69, 9.17) is 0 Å². The number of benzene rings is 2. The molecule has 146 valence electrons. The van der Waals surface area contributed by atoms with E-state index in [0.29, 0.717) is 27.4 Å². The smallest absolute Gasteiger partial charge is 0.277 e. The van der Waals surface area contributed by atoms with Crippen LogP contribution in [0.15, 0.2) is 70.5 Å². The third kappa shape index (κ3) is 3.69. The highest BCUT2D eigenvalue weighted by molar-refractivity contribution is 7.84. The lowest BCUT2D eigenvalue weighted by Gasteiger charge is -2.13. The molecule has 0 aliphatic rings. The van der Waals surface area contributed by atoms with Crippen molar-refractivity contribution in [3.8, 4) is 11.3 Å². The van der Waals surface area contributed by atoms with E-state index in [9.17, 15) is 9.00 Å². The Morgan fingerprint density at radius 2 is 1.86 bits per heavy atom. The number of aromatic nitrogens is 3. The molecule has 0 spiro atoms. The van der Waals surface area contributed by atoms with Gasteiger partial charge in [0, 0.05) is 51.8 Å². The van der Waals surface area contributed by atoms with E-state index in [2.05, 4.69) is 15.3 Å². The van der Waals surface area contributed by atoms with Gasteiger partial charge in [-0.25, -0.2) is 9.97 Å². The molecule has 4 aromatic rings. The molecule has 0 saturated heterocycles. The number of aryl methyl sites for hydroxylation is 1. The van der Waals surface area contributed by atoms with Gasteiger partial charge in [0.15, 0.2) is 0 Å². The maximum Gasteiger partial charge on any atom is 0.277 e. The summed E-state index contributed by atoms with van der Waals surface area (Å²) in [5, 5.41) is 3.77. The zero-order chi connectivity index (χ0) is 20.5. The molecule has 1 N–H and O–H groups in total. The second-order valence-corrected chi connectivity index (χ2v) is 8.19. The summed E-state index contributed by atoms with van der Waals surface area (Å²) < 4.78 is 13.3. The fourth-order valence-electron chi connectivity index (χ4n) is 3.24. The Labute approximate surface area is 170 Å². The van der Waals surface area contributed by atoms with Crippen LogP contribution in [0.4, 0.5) is 11.6 Å². The lowest BCUT2D eigenvalue weighted by Crippen LogP contribution is -2.20. The Balaban J connectivity index is 1.78. The van der Waals surface area contributed by atoms with Crippen molar-refractivity contribution in [2.24, 2.45) is 7.05 Å². The molecule has 0 aliphatic carbocycles. The Kier molecular flexibility index (Phi) is 4.98. The second-order valence-electron chi connectivity index (χ2n) is 6.81. The van der Waals surface area contributed by atoms with Crippen molar-refractivity contribution in [2.75, 3.05) is 11.6 Å². The van der Waals surface area contributed by atoms with Crippen molar-refractivity contribution in [1.29, 1.82) is 0 Å². The average Bonchev–Trinajstić information content (AvgIpc) is 2.72. The standard InChI is InChI=1S/C22H20N4O2S/c1-14-7-4-5-10-18(14)19-11-15-13-23-22(25-20(15)21(27)26(19)2)24-16-8-6-9-17(12-16)29(3)28/h4-13H,1-3H3,(H,23,24,25). The van der Waals surface area contributed by atoms with Gasteiger partial charge in [-0.2, -0.15) is 0 Å². The molecule has 2 aromatic heterocycles. The van der Waals surface area contributed by atoms with Gasteiger partial charge in [0.05, 0.1) is 5.69 Å². The molecule has 0 radical (unpaired) electrons. The number of pyridine rings is 1. The monoisotopic (exact) mass is 404 g/mol. The minimum absolute atomic E-state index is 0.186. The number of hydrogen-bond acceptors (Lipinski definition) is 5. The molecule has 0 fully saturated rings. The molecule has 0 saturated carbocycles. The molecule has 2 aromatic carbocycles. The summed E-state index contributed by atoms with van der Waals surface area (Å²) >= 11 is 0. The van der Waals surface area contributed by atoms with E-state index in [0.717, 1.165) is 16.8 Å². The van der Waals surface area contributed by atoms with Gasteiger partial charge in [0.1, 0.15) is 5.52 Å². The van der Waals surface area contributed by atoms with Gasteiger partial charge in [0.2, 0.25) is 5.95 Å². The van der Waals surface area contributed by atoms with E-state index >= 15 is 0 Å². The van der Waals surface area contributed by atoms with E-state index < -0.39 is 10.8 Å². The summed E-state index contributed by atoms with van der Waals surface area (Å²) in [6, 6.07) is 17.1. The second kappa shape index (κ2) is 7.60. The first-order chi connectivity index (χ1) is 13.9. The molecule has 0 bridgehead atoms. The normalized spacial score (nSPS) is 12.1. The van der Waals surface area contributed by atoms with Gasteiger partial charge in [-0.3, -0.25) is 9.00 Å². The summed E-state index contributed by atoms with van der Waals surface area (Å²) in [5.41, 5.74) is 3.79. The van der Waals surface area contributed by atoms with Gasteiger partial charge >= 0.3 is 0 Å². The van der Waals surface area contributed by atoms with Crippen LogP contribution in [0.25, 0.3) is 22.2 Å². The largest absolute Gasteiger partial charge is 0.324 e. The van der Waals surface area contributed by atoms with Crippen LogP contribution < -0.4 is 10.9 Å². The third-order valence-corrected chi connectivity index (χ3v) is 5.74. The van der Waals surface area contributed by atoms with Gasteiger partial charge in [-0.15, -0.1) is 0 Å². The highest BCUT2D eigenvalue weighted by atomic mass is 32.2. The first-order valence-corrected chi connectivity index (χ1v) is 10.6. The molecule has 0 amide bonds. The molecule has 6 nitrogen and oxygen atoms in total. The molecule has 1 atom stereocenters. The van der Waals surface area contributed by atoms with Crippen LogP contribution >= 0.6 is 0 Å². The lowest BCUT2D eigenvalue weighted by atomic mass is 10.0. The number of hydrogen-bond donors (Lipinski definition) is 1. The summed E-state index contributed by atoms with van der Waals surface area (Å²) in [7, 11) is 0.665. The van der Waals surface area contributed by atoms with Crippen molar-refractivity contribution in [3.05, 3.63) is 76.7 Å². The van der Waals surface area contributed by atoms with Crippen LogP contribution in [-0.4, -0.2) is 25.0 Å². The van der Waals surface area contributed by atoms with Crippen molar-refractivity contribution in [1.82, 2.24) is 14.5 Å². The Hall–Kier alpha value is -3.32. The topological polar surface area (TPSA) is 76.9 Å². The van der Waals surface area contributed by atoms with E-state index in [-0.39, 0.29) is 5.56 Å². The highest BCUT2D eigenvalue weighted by Gasteiger charge is 2.12. The fourth-order valence-corrected chi connectivity index (χ4v) is 3.80. The number of nitrogens with zero attached hydrogens (tertiary/aromatic N) is 3. The van der Waals surface area contributed by atoms with Crippen LogP contribution in [0.3, 0.4) is 0 Å². The summed E-state index contributed by atoms with van der Waals surface area (Å²) in [6.45, 7) is 2.02. The van der Waals surface area contributed by atoms with Crippen molar-refractivity contribution in [3.63, 3.8) is 0 Å². The average molecular weight is 404 g/mol. The number of anilines is 2. The Bertz CT molecular complexity index is 1310. The molecule has 4 rings (SSSR count). The molecule has 29 heavy (non-hydrogen) atoms. The first kappa shape index (κ1) is 19.0. The third-order valence-electron chi connectivity index (χ3n) is 4.82. The number of rotatable bonds is 4. The van der Waals surface area contributed by atoms with Gasteiger partial charge in [-0.05, 0) is 36.8 Å². The van der Waals surface area contributed by atoms with Crippen LogP contribution in [0, 0.1) is 6.92 Å². The van der Waals surface area contributed by atoms with E-state index in [1.807, 2.05) is 49.4 Å². The molecule has 2 heterocycles. The van der Waals surface area contributed by atoms with Crippen molar-refractivity contribution in [2.45, 2.75) is 11.8 Å². The van der Waals surface area contributed by atoms with Crippen molar-refractivity contribution >= 4 is 33.3 Å². The Morgan fingerprint density at radius 1 is 1.07 bits per heavy atom. The van der Waals surface area contributed by atoms with Crippen LogP contribution in [0.5, 0.6) is 0 Å². The highest BCUT2D eigenvalue weighted by Crippen LogP contribution is 2.25. The SMILES string of the molecule is Cc1ccccc1-c1cc2cnc(Nc3cccc(S(C)=O)c3)nc2c(=O)n1C. The molecular weight excluding hydrogens is 384 g/mol. The summed E-state index contributed by atoms with van der Waals surface area (Å²) in [6.07, 6.45) is 3.27. The molecule has 0 aliphatic heterocycles. The predicted molar refractivity (Wildman–Crippen MR) is 117 cm³/mol. The van der Waals surface area contributed by atoms with Gasteiger partial charge < -0.3 is 9.88 Å². The quantitative estimate of drug-likeness (QED) is 0.560. The van der Waals surface area contributed by atoms with Crippen LogP contribution in [0.2, 0.25) is 0 Å². The predicted octanol–water partition coefficient (Wildman–Crippen LogP) is 3.78. The van der Waals surface area contributed by atoms with E-state index in [1.54, 1.807) is 36.2 Å². The van der Waals surface area contributed by atoms with Gasteiger partial charge in [0.25, 0.3) is 5.56 Å². The zero-order valence-electron chi connectivity index (χ0n) is 16.3. The van der Waals surface area contributed by atoms with Gasteiger partial charge in [-0.1, -0.05) is 30.3 Å². The van der Waals surface area contributed by atoms with E-state index in [1.165, 1.54) is 0 Å². The maximum atomic E-state index is 13.0. The lowest BCUT2D eigenvalue weighted by molar-refractivity contribution is 0.687. The minimum atomic E-state index is -1.08. The summed E-state index contributed by atoms with van der Waals surface area (Å²) in [4.78, 5) is 22.5.